The highest BCUT2D eigenvalue weighted by Gasteiger charge is 2.26. The number of benzene rings is 1. The average Bonchev–Trinajstić information content (AvgIpc) is 2.79. The van der Waals surface area contributed by atoms with E-state index in [0.717, 1.165) is 29.8 Å². The first kappa shape index (κ1) is 15.9. The minimum Gasteiger partial charge on any atom is -0.494 e. The van der Waals surface area contributed by atoms with Gasteiger partial charge in [-0.2, -0.15) is 0 Å². The maximum Gasteiger partial charge on any atom is 0.201 e. The van der Waals surface area contributed by atoms with Gasteiger partial charge in [0.2, 0.25) is 5.88 Å². The smallest absolute Gasteiger partial charge is 0.201 e. The summed E-state index contributed by atoms with van der Waals surface area (Å²) in [4.78, 5) is 7.03. The Labute approximate surface area is 154 Å². The van der Waals surface area contributed by atoms with Crippen LogP contribution >= 0.6 is 0 Å². The summed E-state index contributed by atoms with van der Waals surface area (Å²) < 4.78 is 1.90. The summed E-state index contributed by atoms with van der Waals surface area (Å²) in [6.07, 6.45) is 10.2. The molecule has 2 aliphatic rings. The number of pyridine rings is 1. The molecule has 1 aromatic carbocycles. The Balaban J connectivity index is 1.38. The van der Waals surface area contributed by atoms with Crippen LogP contribution in [-0.2, 0) is 19.4 Å². The lowest BCUT2D eigenvalue weighted by Gasteiger charge is -2.36. The van der Waals surface area contributed by atoms with Crippen LogP contribution in [0.25, 0.3) is 10.9 Å². The van der Waals surface area contributed by atoms with E-state index in [-0.39, 0.29) is 0 Å². The number of hydrogen-bond donors (Lipinski definition) is 1. The number of nitrogens with zero attached hydrogens (tertiary/aromatic N) is 3. The Hall–Kier alpha value is -2.33. The molecule has 4 nitrogen and oxygen atoms in total. The first-order chi connectivity index (χ1) is 12.8. The molecular formula is C22H25N3O. The fourth-order valence-electron chi connectivity index (χ4n) is 4.40. The Kier molecular flexibility index (Phi) is 3.93. The minimum atomic E-state index is 0.305. The van der Waals surface area contributed by atoms with E-state index in [9.17, 15) is 5.11 Å². The Morgan fingerprint density at radius 1 is 1.08 bits per heavy atom. The number of hydrogen-bond acceptors (Lipinski definition) is 3. The summed E-state index contributed by atoms with van der Waals surface area (Å²) in [6, 6.07) is 11.5. The van der Waals surface area contributed by atoms with Crippen molar-refractivity contribution in [2.75, 3.05) is 13.1 Å². The van der Waals surface area contributed by atoms with Crippen molar-refractivity contribution in [1.82, 2.24) is 14.5 Å². The number of aromatic nitrogens is 2. The van der Waals surface area contributed by atoms with Crippen LogP contribution in [0.3, 0.4) is 0 Å². The predicted octanol–water partition coefficient (Wildman–Crippen LogP) is 3.74. The van der Waals surface area contributed by atoms with E-state index >= 15 is 0 Å². The SMILES string of the molecule is Oc1c2cccnc2cn1Cc1ccc2c(c1)CCN(C1CCC1)CC2. The first-order valence-corrected chi connectivity index (χ1v) is 9.75. The van der Waals surface area contributed by atoms with Crippen LogP contribution in [-0.4, -0.2) is 38.7 Å². The quantitative estimate of drug-likeness (QED) is 0.785. The van der Waals surface area contributed by atoms with Gasteiger partial charge >= 0.3 is 0 Å². The molecule has 4 heteroatoms. The molecule has 1 aliphatic carbocycles. The van der Waals surface area contributed by atoms with Gasteiger partial charge in [0.15, 0.2) is 0 Å². The lowest BCUT2D eigenvalue weighted by atomic mass is 9.91. The normalized spacial score (nSPS) is 18.5. The van der Waals surface area contributed by atoms with E-state index in [0.29, 0.717) is 12.4 Å². The van der Waals surface area contributed by atoms with Crippen LogP contribution in [0.5, 0.6) is 5.88 Å². The summed E-state index contributed by atoms with van der Waals surface area (Å²) in [7, 11) is 0. The molecule has 0 saturated heterocycles. The van der Waals surface area contributed by atoms with E-state index in [1.54, 1.807) is 6.20 Å². The van der Waals surface area contributed by atoms with Crippen molar-refractivity contribution in [3.63, 3.8) is 0 Å². The van der Waals surface area contributed by atoms with Gasteiger partial charge in [0.1, 0.15) is 0 Å². The number of rotatable bonds is 3. The lowest BCUT2D eigenvalue weighted by Crippen LogP contribution is -2.41. The predicted molar refractivity (Wildman–Crippen MR) is 104 cm³/mol. The summed E-state index contributed by atoms with van der Waals surface area (Å²) >= 11 is 0. The molecule has 0 spiro atoms. The van der Waals surface area contributed by atoms with Crippen molar-refractivity contribution in [2.45, 2.75) is 44.7 Å². The minimum absolute atomic E-state index is 0.305. The summed E-state index contributed by atoms with van der Waals surface area (Å²) in [5.41, 5.74) is 5.07. The molecular weight excluding hydrogens is 322 g/mol. The summed E-state index contributed by atoms with van der Waals surface area (Å²) in [6.45, 7) is 3.07. The maximum atomic E-state index is 10.5. The molecule has 1 N–H and O–H groups in total. The van der Waals surface area contributed by atoms with Crippen LogP contribution in [0.1, 0.15) is 36.0 Å². The van der Waals surface area contributed by atoms with Crippen molar-refractivity contribution in [2.24, 2.45) is 0 Å². The van der Waals surface area contributed by atoms with E-state index in [2.05, 4.69) is 28.1 Å². The maximum absolute atomic E-state index is 10.5. The molecule has 134 valence electrons. The molecule has 1 aliphatic heterocycles. The van der Waals surface area contributed by atoms with Crippen molar-refractivity contribution in [3.05, 3.63) is 59.4 Å². The highest BCUT2D eigenvalue weighted by Crippen LogP contribution is 2.29. The zero-order chi connectivity index (χ0) is 17.5. The van der Waals surface area contributed by atoms with Crippen LogP contribution < -0.4 is 0 Å². The van der Waals surface area contributed by atoms with Gasteiger partial charge in [0.25, 0.3) is 0 Å². The van der Waals surface area contributed by atoms with Gasteiger partial charge in [-0.1, -0.05) is 24.6 Å². The zero-order valence-corrected chi connectivity index (χ0v) is 15.1. The van der Waals surface area contributed by atoms with Gasteiger partial charge in [-0.15, -0.1) is 0 Å². The van der Waals surface area contributed by atoms with Crippen LogP contribution in [0.2, 0.25) is 0 Å². The molecule has 0 amide bonds. The second kappa shape index (κ2) is 6.44. The van der Waals surface area contributed by atoms with Crippen molar-refractivity contribution >= 4 is 10.9 Å². The van der Waals surface area contributed by atoms with Crippen molar-refractivity contribution in [1.29, 1.82) is 0 Å². The second-order valence-electron chi connectivity index (χ2n) is 7.74. The third-order valence-electron chi connectivity index (χ3n) is 6.18. The number of fused-ring (bicyclic) bond motifs is 2. The summed E-state index contributed by atoms with van der Waals surface area (Å²) in [5.74, 6) is 0.305. The fraction of sp³-hybridized carbons (Fsp3) is 0.409. The van der Waals surface area contributed by atoms with E-state index < -0.39 is 0 Å². The number of aromatic hydroxyl groups is 1. The van der Waals surface area contributed by atoms with Gasteiger partial charge in [0.05, 0.1) is 17.4 Å². The molecule has 3 aromatic rings. The topological polar surface area (TPSA) is 41.3 Å². The van der Waals surface area contributed by atoms with Gasteiger partial charge in [-0.3, -0.25) is 9.88 Å². The highest BCUT2D eigenvalue weighted by molar-refractivity contribution is 5.84. The molecule has 0 bridgehead atoms. The van der Waals surface area contributed by atoms with Gasteiger partial charge in [-0.25, -0.2) is 0 Å². The summed E-state index contributed by atoms with van der Waals surface area (Å²) in [5, 5.41) is 11.3. The highest BCUT2D eigenvalue weighted by atomic mass is 16.3. The molecule has 3 heterocycles. The van der Waals surface area contributed by atoms with Crippen LogP contribution in [0, 0.1) is 0 Å². The van der Waals surface area contributed by atoms with Crippen molar-refractivity contribution < 1.29 is 5.11 Å². The van der Waals surface area contributed by atoms with Crippen LogP contribution in [0.15, 0.2) is 42.7 Å². The molecule has 0 radical (unpaired) electrons. The molecule has 0 unspecified atom stereocenters. The Morgan fingerprint density at radius 3 is 2.69 bits per heavy atom. The van der Waals surface area contributed by atoms with Crippen molar-refractivity contribution in [3.8, 4) is 5.88 Å². The average molecular weight is 347 g/mol. The largest absolute Gasteiger partial charge is 0.494 e. The van der Waals surface area contributed by atoms with Gasteiger partial charge in [-0.05, 0) is 54.5 Å². The second-order valence-corrected chi connectivity index (χ2v) is 7.74. The molecule has 5 rings (SSSR count). The Morgan fingerprint density at radius 2 is 1.92 bits per heavy atom. The van der Waals surface area contributed by atoms with Gasteiger partial charge < -0.3 is 9.67 Å². The third kappa shape index (κ3) is 2.78. The molecule has 0 atom stereocenters. The van der Waals surface area contributed by atoms with E-state index in [1.165, 1.54) is 49.0 Å². The standard InChI is InChI=1S/C22H25N3O/c26-22-20-5-2-10-23-21(20)15-25(22)14-16-6-7-17-8-11-24(19-3-1-4-19)12-9-18(17)13-16/h2,5-7,10,13,15,19,26H,1,3-4,8-9,11-12,14H2. The first-order valence-electron chi connectivity index (χ1n) is 9.75. The molecule has 1 saturated carbocycles. The molecule has 1 fully saturated rings. The fourth-order valence-corrected chi connectivity index (χ4v) is 4.40. The van der Waals surface area contributed by atoms with Crippen LogP contribution in [0.4, 0.5) is 0 Å². The third-order valence-corrected chi connectivity index (χ3v) is 6.18. The van der Waals surface area contributed by atoms with E-state index in [4.69, 9.17) is 0 Å². The molecule has 2 aromatic heterocycles. The monoisotopic (exact) mass is 347 g/mol. The zero-order valence-electron chi connectivity index (χ0n) is 15.1. The van der Waals surface area contributed by atoms with Gasteiger partial charge in [0, 0.05) is 31.5 Å². The molecule has 26 heavy (non-hydrogen) atoms. The lowest BCUT2D eigenvalue weighted by molar-refractivity contribution is 0.133. The van der Waals surface area contributed by atoms with E-state index in [1.807, 2.05) is 22.9 Å². The Bertz CT molecular complexity index is 942.